The fourth-order valence-corrected chi connectivity index (χ4v) is 11.9. The molecule has 0 radical (unpaired) electrons. The smallest absolute Gasteiger partial charge is 0.303 e. The van der Waals surface area contributed by atoms with Crippen LogP contribution in [0.15, 0.2) is 0 Å². The third-order valence-corrected chi connectivity index (χ3v) is 17.0. The molecule has 0 rings (SSSR count). The summed E-state index contributed by atoms with van der Waals surface area (Å²) >= 11 is 0. The summed E-state index contributed by atoms with van der Waals surface area (Å²) in [4.78, 5) is 31.8. The molecular weight excluding hydrogens is 925 g/mol. The average molecular weight is 1060 g/mol. The number of unbranched alkanes of at least 4 members (excludes halogenated alkanes) is 56. The highest BCUT2D eigenvalue weighted by atomic mass is 16.4. The van der Waals surface area contributed by atoms with Crippen molar-refractivity contribution in [2.75, 3.05) is 0 Å². The van der Waals surface area contributed by atoms with E-state index in [1.165, 1.54) is 360 Å². The topological polar surface area (TPSA) is 112 Å². The maximum atomic E-state index is 10.6. The van der Waals surface area contributed by atoms with E-state index in [1.54, 1.807) is 0 Å². The van der Waals surface area contributed by atoms with Crippen LogP contribution in [0.1, 0.15) is 417 Å². The van der Waals surface area contributed by atoms with E-state index in [0.717, 1.165) is 44.4 Å². The summed E-state index contributed by atoms with van der Waals surface area (Å²) in [6.07, 6.45) is 85.8. The van der Waals surface area contributed by atoms with Gasteiger partial charge in [0.15, 0.2) is 0 Å². The summed E-state index contributed by atoms with van der Waals surface area (Å²) in [5, 5.41) is 26.2. The number of carboxylic acids is 3. The van der Waals surface area contributed by atoms with Crippen LogP contribution in [0.3, 0.4) is 0 Å². The van der Waals surface area contributed by atoms with Crippen molar-refractivity contribution in [1.29, 1.82) is 0 Å². The molecule has 0 fully saturated rings. The summed E-state index contributed by atoms with van der Waals surface area (Å²) in [5.74, 6) is -0.974. The van der Waals surface area contributed by atoms with Gasteiger partial charge >= 0.3 is 17.9 Å². The summed E-state index contributed by atoms with van der Waals surface area (Å²) < 4.78 is 0. The van der Waals surface area contributed by atoms with Crippen LogP contribution in [0.2, 0.25) is 0 Å². The third kappa shape index (κ3) is 68.5. The molecule has 0 saturated carbocycles. The molecule has 0 saturated heterocycles. The highest BCUT2D eigenvalue weighted by Gasteiger charge is 2.10. The molecule has 0 atom stereocenters. The van der Waals surface area contributed by atoms with Gasteiger partial charge in [-0.05, 0) is 25.2 Å². The van der Waals surface area contributed by atoms with Crippen LogP contribution in [0.4, 0.5) is 0 Å². The van der Waals surface area contributed by atoms with Gasteiger partial charge in [-0.1, -0.05) is 379 Å². The lowest BCUT2D eigenvalue weighted by atomic mass is 9.89. The fourth-order valence-electron chi connectivity index (χ4n) is 11.9. The first-order valence-electron chi connectivity index (χ1n) is 34.6. The van der Waals surface area contributed by atoms with Crippen LogP contribution in [-0.4, -0.2) is 33.2 Å². The second-order valence-corrected chi connectivity index (χ2v) is 24.5. The summed E-state index contributed by atoms with van der Waals surface area (Å²) in [6, 6.07) is 0. The molecule has 0 aliphatic carbocycles. The van der Waals surface area contributed by atoms with Gasteiger partial charge in [0.1, 0.15) is 0 Å². The van der Waals surface area contributed by atoms with Crippen molar-refractivity contribution in [3.63, 3.8) is 0 Å². The lowest BCUT2D eigenvalue weighted by Crippen LogP contribution is -2.01. The minimum Gasteiger partial charge on any atom is -0.481 e. The maximum Gasteiger partial charge on any atom is 0.303 e. The van der Waals surface area contributed by atoms with Crippen LogP contribution in [-0.2, 0) is 14.4 Å². The standard InChI is InChI=1S/C69H134O6/c70-67(71)63-57-51-45-39-33-27-21-15-9-3-1-6-12-18-24-30-36-42-48-54-60-66(62-56-50-44-38-32-26-20-14-8-5-11-17-23-29-35-41-47-53-59-65-69(74)75)61-55-49-43-37-31-25-19-13-7-2-4-10-16-22-28-34-40-46-52-58-64-68(72)73/h66H,1-65H2,(H,70,71)(H,72,73)(H,74,75). The van der Waals surface area contributed by atoms with Crippen molar-refractivity contribution in [3.05, 3.63) is 0 Å². The molecule has 3 N–H and O–H groups in total. The first-order chi connectivity index (χ1) is 36.9. The van der Waals surface area contributed by atoms with Gasteiger partial charge in [0.25, 0.3) is 0 Å². The Morgan fingerprint density at radius 3 is 0.360 bits per heavy atom. The van der Waals surface area contributed by atoms with Crippen LogP contribution in [0, 0.1) is 5.92 Å². The van der Waals surface area contributed by atoms with Crippen molar-refractivity contribution < 1.29 is 29.7 Å². The van der Waals surface area contributed by atoms with Gasteiger partial charge in [-0.2, -0.15) is 0 Å². The minimum absolute atomic E-state index is 0.338. The Balaban J connectivity index is 4.00. The quantitative estimate of drug-likeness (QED) is 0.0523. The molecular formula is C69H134O6. The Kier molecular flexibility index (Phi) is 63.6. The highest BCUT2D eigenvalue weighted by molar-refractivity contribution is 5.67. The monoisotopic (exact) mass is 1060 g/mol. The second-order valence-electron chi connectivity index (χ2n) is 24.5. The fraction of sp³-hybridized carbons (Fsp3) is 0.957. The van der Waals surface area contributed by atoms with Crippen molar-refractivity contribution in [2.45, 2.75) is 417 Å². The van der Waals surface area contributed by atoms with E-state index in [2.05, 4.69) is 0 Å². The van der Waals surface area contributed by atoms with Crippen molar-refractivity contribution in [3.8, 4) is 0 Å². The van der Waals surface area contributed by atoms with E-state index in [0.29, 0.717) is 19.3 Å². The maximum absolute atomic E-state index is 10.6. The minimum atomic E-state index is -0.651. The average Bonchev–Trinajstić information content (AvgIpc) is 3.39. The zero-order valence-corrected chi connectivity index (χ0v) is 50.6. The van der Waals surface area contributed by atoms with Crippen molar-refractivity contribution in [1.82, 2.24) is 0 Å². The Hall–Kier alpha value is -1.59. The predicted molar refractivity (Wildman–Crippen MR) is 327 cm³/mol. The van der Waals surface area contributed by atoms with Gasteiger partial charge in [0.05, 0.1) is 0 Å². The van der Waals surface area contributed by atoms with Gasteiger partial charge in [-0.3, -0.25) is 14.4 Å². The normalized spacial score (nSPS) is 11.6. The number of carboxylic acid groups (broad SMARTS) is 3. The molecule has 6 nitrogen and oxygen atoms in total. The molecule has 75 heavy (non-hydrogen) atoms. The molecule has 446 valence electrons. The van der Waals surface area contributed by atoms with E-state index < -0.39 is 17.9 Å². The third-order valence-electron chi connectivity index (χ3n) is 17.0. The van der Waals surface area contributed by atoms with Gasteiger partial charge in [0.2, 0.25) is 0 Å². The number of rotatable bonds is 68. The molecule has 0 unspecified atom stereocenters. The first kappa shape index (κ1) is 73.4. The van der Waals surface area contributed by atoms with Crippen molar-refractivity contribution >= 4 is 17.9 Å². The molecule has 6 heteroatoms. The lowest BCUT2D eigenvalue weighted by molar-refractivity contribution is -0.138. The number of carbonyl (C=O) groups is 3. The Bertz CT molecular complexity index is 1070. The first-order valence-corrected chi connectivity index (χ1v) is 34.6. The molecule has 0 aliphatic rings. The van der Waals surface area contributed by atoms with E-state index in [4.69, 9.17) is 15.3 Å². The van der Waals surface area contributed by atoms with Crippen LogP contribution >= 0.6 is 0 Å². The number of hydrogen-bond acceptors (Lipinski definition) is 3. The van der Waals surface area contributed by atoms with Crippen LogP contribution in [0.5, 0.6) is 0 Å². The molecule has 0 spiro atoms. The van der Waals surface area contributed by atoms with E-state index in [1.807, 2.05) is 0 Å². The SMILES string of the molecule is O=C(O)CCCCCCCCCCCCCCCCCCCCCCC(CCCCCCCCCCCCCCCCCCCCCCC(=O)O)CCCCCCCCCCCCCCCCCCCCCC(=O)O. The van der Waals surface area contributed by atoms with E-state index in [-0.39, 0.29) is 0 Å². The van der Waals surface area contributed by atoms with E-state index >= 15 is 0 Å². The molecule has 0 aromatic carbocycles. The Labute approximate surface area is 468 Å². The molecule has 0 heterocycles. The number of aliphatic carboxylic acids is 3. The number of hydrogen-bond donors (Lipinski definition) is 3. The van der Waals surface area contributed by atoms with Crippen molar-refractivity contribution in [2.24, 2.45) is 5.92 Å². The lowest BCUT2D eigenvalue weighted by Gasteiger charge is -2.17. The van der Waals surface area contributed by atoms with Crippen LogP contribution < -0.4 is 0 Å². The summed E-state index contributed by atoms with van der Waals surface area (Å²) in [5.41, 5.74) is 0. The van der Waals surface area contributed by atoms with Gasteiger partial charge in [0, 0.05) is 19.3 Å². The molecule has 0 aromatic rings. The predicted octanol–water partition coefficient (Wildman–Crippen LogP) is 24.2. The largest absolute Gasteiger partial charge is 0.481 e. The van der Waals surface area contributed by atoms with E-state index in [9.17, 15) is 14.4 Å². The second kappa shape index (κ2) is 64.9. The van der Waals surface area contributed by atoms with Gasteiger partial charge in [-0.25, -0.2) is 0 Å². The zero-order valence-electron chi connectivity index (χ0n) is 50.6. The summed E-state index contributed by atoms with van der Waals surface area (Å²) in [6.45, 7) is 0. The zero-order chi connectivity index (χ0) is 54.3. The van der Waals surface area contributed by atoms with Gasteiger partial charge in [-0.15, -0.1) is 0 Å². The molecule has 0 bridgehead atoms. The molecule has 0 aliphatic heterocycles. The van der Waals surface area contributed by atoms with Crippen LogP contribution in [0.25, 0.3) is 0 Å². The molecule has 0 amide bonds. The Morgan fingerprint density at radius 1 is 0.160 bits per heavy atom. The Morgan fingerprint density at radius 2 is 0.253 bits per heavy atom. The highest BCUT2D eigenvalue weighted by Crippen LogP contribution is 2.26. The summed E-state index contributed by atoms with van der Waals surface area (Å²) in [7, 11) is 0. The molecule has 0 aromatic heterocycles. The van der Waals surface area contributed by atoms with Gasteiger partial charge < -0.3 is 15.3 Å².